The van der Waals surface area contributed by atoms with Gasteiger partial charge in [0.2, 0.25) is 11.8 Å². The first-order valence-corrected chi connectivity index (χ1v) is 9.22. The largest absolute Gasteiger partial charge is 0.360 e. The Morgan fingerprint density at radius 2 is 2.31 bits per heavy atom. The van der Waals surface area contributed by atoms with Gasteiger partial charge in [0.1, 0.15) is 5.60 Å². The van der Waals surface area contributed by atoms with Crippen molar-refractivity contribution >= 4 is 11.8 Å². The van der Waals surface area contributed by atoms with E-state index in [4.69, 9.17) is 9.26 Å². The summed E-state index contributed by atoms with van der Waals surface area (Å²) in [6.45, 7) is 5.88. The molecule has 1 spiro atoms. The molecule has 4 heterocycles. The fourth-order valence-corrected chi connectivity index (χ4v) is 4.35. The van der Waals surface area contributed by atoms with Gasteiger partial charge in [-0.3, -0.25) is 9.59 Å². The Bertz CT molecular complexity index is 729. The van der Waals surface area contributed by atoms with Crippen molar-refractivity contribution < 1.29 is 18.8 Å². The maximum Gasteiger partial charge on any atom is 0.230 e. The van der Waals surface area contributed by atoms with Gasteiger partial charge in [0.15, 0.2) is 5.76 Å². The van der Waals surface area contributed by atoms with E-state index in [1.54, 1.807) is 24.2 Å². The summed E-state index contributed by atoms with van der Waals surface area (Å²) >= 11 is 0. The highest BCUT2D eigenvalue weighted by Gasteiger charge is 2.66. The van der Waals surface area contributed by atoms with Gasteiger partial charge in [-0.1, -0.05) is 31.2 Å². The highest BCUT2D eigenvalue weighted by atomic mass is 16.5. The number of ether oxygens (including phenoxy) is 1. The number of hydrogen-bond donors (Lipinski definition) is 0. The topological polar surface area (TPSA) is 75.9 Å². The van der Waals surface area contributed by atoms with E-state index in [1.807, 2.05) is 17.1 Å². The molecular formula is C19H25N3O4. The van der Waals surface area contributed by atoms with Crippen LogP contribution in [-0.4, -0.2) is 58.6 Å². The molecule has 0 radical (unpaired) electrons. The van der Waals surface area contributed by atoms with Crippen LogP contribution in [0.1, 0.15) is 26.0 Å². The maximum atomic E-state index is 13.1. The van der Waals surface area contributed by atoms with Crippen molar-refractivity contribution in [3.63, 3.8) is 0 Å². The Morgan fingerprint density at radius 3 is 3.00 bits per heavy atom. The molecule has 26 heavy (non-hydrogen) atoms. The van der Waals surface area contributed by atoms with Gasteiger partial charge in [0.05, 0.1) is 37.2 Å². The van der Waals surface area contributed by atoms with Gasteiger partial charge in [-0.25, -0.2) is 0 Å². The van der Waals surface area contributed by atoms with E-state index in [9.17, 15) is 9.59 Å². The van der Waals surface area contributed by atoms with E-state index in [2.05, 4.69) is 19.0 Å². The van der Waals surface area contributed by atoms with Crippen LogP contribution in [0.25, 0.3) is 0 Å². The molecule has 2 fully saturated rings. The molecule has 2 amide bonds. The van der Waals surface area contributed by atoms with Gasteiger partial charge in [0, 0.05) is 19.7 Å². The molecule has 1 aromatic rings. The third-order valence-electron chi connectivity index (χ3n) is 5.70. The first-order chi connectivity index (χ1) is 12.4. The van der Waals surface area contributed by atoms with Crippen molar-refractivity contribution in [1.82, 2.24) is 15.0 Å². The summed E-state index contributed by atoms with van der Waals surface area (Å²) < 4.78 is 11.2. The zero-order valence-corrected chi connectivity index (χ0v) is 15.4. The predicted octanol–water partition coefficient (Wildman–Crippen LogP) is 1.46. The second kappa shape index (κ2) is 6.23. The van der Waals surface area contributed by atoms with E-state index < -0.39 is 17.4 Å². The maximum absolute atomic E-state index is 13.1. The summed E-state index contributed by atoms with van der Waals surface area (Å²) in [5, 5.41) is 3.67. The number of carbonyl (C=O) groups excluding carboxylic acids is 2. The predicted molar refractivity (Wildman–Crippen MR) is 92.7 cm³/mol. The lowest BCUT2D eigenvalue weighted by atomic mass is 9.76. The Morgan fingerprint density at radius 1 is 1.50 bits per heavy atom. The van der Waals surface area contributed by atoms with Crippen LogP contribution in [0.15, 0.2) is 28.9 Å². The third kappa shape index (κ3) is 2.65. The van der Waals surface area contributed by atoms with Gasteiger partial charge in [-0.15, -0.1) is 0 Å². The molecule has 3 aliphatic rings. The molecule has 0 N–H and O–H groups in total. The first-order valence-electron chi connectivity index (χ1n) is 9.22. The van der Waals surface area contributed by atoms with Crippen LogP contribution in [0.3, 0.4) is 0 Å². The third-order valence-corrected chi connectivity index (χ3v) is 5.70. The molecule has 2 saturated heterocycles. The molecular weight excluding hydrogens is 334 g/mol. The second-order valence-corrected chi connectivity index (χ2v) is 8.02. The van der Waals surface area contributed by atoms with Crippen molar-refractivity contribution in [3.05, 3.63) is 30.2 Å². The Hall–Kier alpha value is -2.15. The molecule has 7 nitrogen and oxygen atoms in total. The van der Waals surface area contributed by atoms with Crippen molar-refractivity contribution in [2.45, 2.75) is 38.5 Å². The minimum absolute atomic E-state index is 0.0453. The van der Waals surface area contributed by atoms with E-state index >= 15 is 0 Å². The van der Waals surface area contributed by atoms with Gasteiger partial charge in [0.25, 0.3) is 0 Å². The number of nitrogens with zero attached hydrogens (tertiary/aromatic N) is 3. The van der Waals surface area contributed by atoms with Gasteiger partial charge in [-0.05, 0) is 12.3 Å². The minimum Gasteiger partial charge on any atom is -0.360 e. The van der Waals surface area contributed by atoms with Crippen LogP contribution in [-0.2, 0) is 20.9 Å². The molecule has 0 unspecified atom stereocenters. The van der Waals surface area contributed by atoms with Crippen LogP contribution < -0.4 is 0 Å². The average Bonchev–Trinajstić information content (AvgIpc) is 3.35. The molecule has 0 aliphatic carbocycles. The van der Waals surface area contributed by atoms with Gasteiger partial charge >= 0.3 is 0 Å². The zero-order chi connectivity index (χ0) is 18.5. The van der Waals surface area contributed by atoms with E-state index in [-0.39, 0.29) is 17.9 Å². The lowest BCUT2D eigenvalue weighted by Gasteiger charge is -2.27. The Balaban J connectivity index is 1.52. The van der Waals surface area contributed by atoms with Crippen molar-refractivity contribution in [1.29, 1.82) is 0 Å². The van der Waals surface area contributed by atoms with Gasteiger partial charge in [-0.2, -0.15) is 0 Å². The van der Waals surface area contributed by atoms with Crippen molar-refractivity contribution in [3.8, 4) is 0 Å². The summed E-state index contributed by atoms with van der Waals surface area (Å²) in [5.41, 5.74) is -0.633. The summed E-state index contributed by atoms with van der Waals surface area (Å²) in [5.74, 6) is 0.217. The quantitative estimate of drug-likeness (QED) is 0.719. The smallest absolute Gasteiger partial charge is 0.230 e. The Kier molecular flexibility index (Phi) is 4.14. The fraction of sp³-hybridized carbons (Fsp3) is 0.632. The highest BCUT2D eigenvalue weighted by molar-refractivity contribution is 5.92. The van der Waals surface area contributed by atoms with E-state index in [1.165, 1.54) is 0 Å². The van der Waals surface area contributed by atoms with Crippen LogP contribution in [0.2, 0.25) is 0 Å². The molecule has 2 bridgehead atoms. The molecule has 0 aromatic carbocycles. The molecule has 4 atom stereocenters. The lowest BCUT2D eigenvalue weighted by Crippen LogP contribution is -2.44. The number of fused-ring (bicyclic) bond motifs is 1. The molecule has 0 saturated carbocycles. The number of likely N-dealkylation sites (tertiary alicyclic amines) is 1. The summed E-state index contributed by atoms with van der Waals surface area (Å²) in [4.78, 5) is 29.6. The number of rotatable bonds is 6. The van der Waals surface area contributed by atoms with Crippen LogP contribution in [0.4, 0.5) is 0 Å². The first kappa shape index (κ1) is 17.3. The van der Waals surface area contributed by atoms with Crippen molar-refractivity contribution in [2.24, 2.45) is 17.8 Å². The normalized spacial score (nSPS) is 31.9. The number of aromatic nitrogens is 1. The fourth-order valence-electron chi connectivity index (χ4n) is 4.35. The molecule has 3 aliphatic heterocycles. The second-order valence-electron chi connectivity index (χ2n) is 8.02. The number of carbonyl (C=O) groups is 2. The summed E-state index contributed by atoms with van der Waals surface area (Å²) in [7, 11) is 1.73. The highest BCUT2D eigenvalue weighted by Crippen LogP contribution is 2.52. The molecule has 140 valence electrons. The SMILES string of the molecule is CC(C)CCN1C[C@]23C=C[C@H](O2)[C@H](C(=O)N(C)Cc2ccno2)[C@@H]3C1=O. The average molecular weight is 359 g/mol. The number of hydrogen-bond acceptors (Lipinski definition) is 5. The molecule has 1 aromatic heterocycles. The minimum atomic E-state index is -0.633. The van der Waals surface area contributed by atoms with Crippen LogP contribution in [0, 0.1) is 17.8 Å². The van der Waals surface area contributed by atoms with Crippen LogP contribution in [0.5, 0.6) is 0 Å². The van der Waals surface area contributed by atoms with Gasteiger partial charge < -0.3 is 19.1 Å². The lowest BCUT2D eigenvalue weighted by molar-refractivity contribution is -0.142. The number of amides is 2. The monoisotopic (exact) mass is 359 g/mol. The summed E-state index contributed by atoms with van der Waals surface area (Å²) in [6, 6.07) is 1.73. The van der Waals surface area contributed by atoms with E-state index in [0.29, 0.717) is 31.3 Å². The Labute approximate surface area is 152 Å². The molecule has 4 rings (SSSR count). The molecule has 7 heteroatoms. The zero-order valence-electron chi connectivity index (χ0n) is 15.4. The standard InChI is InChI=1S/C19H25N3O4/c1-12(2)6-9-22-11-19-7-4-14(25-19)15(16(19)18(22)24)17(23)21(3)10-13-5-8-20-26-13/h4-5,7-8,12,14-16H,6,9-11H2,1-3H3/t14-,15-,16+,19-/m0/s1. The van der Waals surface area contributed by atoms with E-state index in [0.717, 1.165) is 6.42 Å². The van der Waals surface area contributed by atoms with Crippen molar-refractivity contribution in [2.75, 3.05) is 20.1 Å². The summed E-state index contributed by atoms with van der Waals surface area (Å²) in [6.07, 6.45) is 6.13. The van der Waals surface area contributed by atoms with Crippen LogP contribution >= 0.6 is 0 Å².